The molecule has 0 atom stereocenters. The summed E-state index contributed by atoms with van der Waals surface area (Å²) in [7, 11) is 2.19. The Hall–Kier alpha value is -3.43. The van der Waals surface area contributed by atoms with E-state index in [1.165, 1.54) is 0 Å². The van der Waals surface area contributed by atoms with Crippen LogP contribution in [-0.2, 0) is 10.0 Å². The van der Waals surface area contributed by atoms with E-state index < -0.39 is 10.0 Å². The highest BCUT2D eigenvalue weighted by Gasteiger charge is 2.24. The minimum Gasteiger partial charge on any atom is -0.377 e. The van der Waals surface area contributed by atoms with Crippen molar-refractivity contribution in [3.8, 4) is 0 Å². The Labute approximate surface area is 232 Å². The molecule has 1 saturated carbocycles. The molecule has 1 fully saturated rings. The van der Waals surface area contributed by atoms with Crippen LogP contribution < -0.4 is 20.3 Å². The number of anilines is 3. The van der Waals surface area contributed by atoms with Crippen molar-refractivity contribution in [1.29, 1.82) is 0 Å². The summed E-state index contributed by atoms with van der Waals surface area (Å²) >= 11 is 0. The van der Waals surface area contributed by atoms with Crippen molar-refractivity contribution >= 4 is 49.2 Å². The van der Waals surface area contributed by atoms with E-state index in [-0.39, 0.29) is 7.43 Å². The number of nitrogens with one attached hydrogen (secondary N) is 3. The van der Waals surface area contributed by atoms with Gasteiger partial charge in [-0.05, 0) is 61.8 Å². The number of aromatic nitrogens is 2. The van der Waals surface area contributed by atoms with Crippen molar-refractivity contribution in [3.63, 3.8) is 0 Å². The Morgan fingerprint density at radius 1 is 0.821 bits per heavy atom. The average molecular weight is 549 g/mol. The minimum absolute atomic E-state index is 0. The van der Waals surface area contributed by atoms with Crippen LogP contribution in [0.25, 0.3) is 21.7 Å². The van der Waals surface area contributed by atoms with Crippen LogP contribution in [0.1, 0.15) is 33.1 Å². The smallest absolute Gasteiger partial charge is 0.241 e. The lowest BCUT2D eigenvalue weighted by Crippen LogP contribution is -2.32. The number of hydrogen-bond acceptors (Lipinski definition) is 7. The summed E-state index contributed by atoms with van der Waals surface area (Å²) in [6.45, 7) is 1.27. The average Bonchev–Trinajstić information content (AvgIpc) is 2.94. The molecule has 4 aromatic rings. The lowest BCUT2D eigenvalue weighted by molar-refractivity contribution is 0.284. The van der Waals surface area contributed by atoms with Gasteiger partial charge in [-0.2, -0.15) is 4.98 Å². The van der Waals surface area contributed by atoms with Gasteiger partial charge < -0.3 is 15.5 Å². The van der Waals surface area contributed by atoms with Crippen LogP contribution in [0.4, 0.5) is 17.5 Å². The van der Waals surface area contributed by atoms with Crippen LogP contribution in [-0.4, -0.2) is 52.6 Å². The highest BCUT2D eigenvalue weighted by molar-refractivity contribution is 7.89. The molecule has 0 radical (unpaired) electrons. The second-order valence-electron chi connectivity index (χ2n) is 10.3. The maximum atomic E-state index is 13.3. The van der Waals surface area contributed by atoms with E-state index in [2.05, 4.69) is 25.3 Å². The van der Waals surface area contributed by atoms with Crippen LogP contribution >= 0.6 is 0 Å². The topological polar surface area (TPSA) is 99.2 Å². The fourth-order valence-corrected chi connectivity index (χ4v) is 6.75. The summed E-state index contributed by atoms with van der Waals surface area (Å²) in [5.74, 6) is 2.30. The molecule has 0 amide bonds. The molecule has 9 heteroatoms. The SMILES string of the molecule is C.CNc1nc(NCC2CCC(CNS(=O)(=O)c3cccc4c(N(C)C)cccc34)CC2)nc2ccccc12. The van der Waals surface area contributed by atoms with E-state index in [9.17, 15) is 8.42 Å². The fourth-order valence-electron chi connectivity index (χ4n) is 5.42. The molecule has 39 heavy (non-hydrogen) atoms. The molecule has 0 aliphatic heterocycles. The molecule has 208 valence electrons. The van der Waals surface area contributed by atoms with E-state index in [4.69, 9.17) is 0 Å². The number of hydrogen-bond donors (Lipinski definition) is 3. The zero-order valence-electron chi connectivity index (χ0n) is 22.2. The second-order valence-corrected chi connectivity index (χ2v) is 12.0. The Morgan fingerprint density at radius 3 is 2.18 bits per heavy atom. The molecule has 3 N–H and O–H groups in total. The fraction of sp³-hybridized carbons (Fsp3) is 0.400. The predicted molar refractivity (Wildman–Crippen MR) is 163 cm³/mol. The maximum Gasteiger partial charge on any atom is 0.241 e. The maximum absolute atomic E-state index is 13.3. The zero-order valence-corrected chi connectivity index (χ0v) is 23.1. The quantitative estimate of drug-likeness (QED) is 0.246. The number of rotatable bonds is 9. The van der Waals surface area contributed by atoms with E-state index in [1.54, 1.807) is 6.07 Å². The van der Waals surface area contributed by atoms with Crippen molar-refractivity contribution < 1.29 is 8.42 Å². The van der Waals surface area contributed by atoms with Crippen molar-refractivity contribution in [2.45, 2.75) is 38.0 Å². The number of benzene rings is 3. The summed E-state index contributed by atoms with van der Waals surface area (Å²) in [5.41, 5.74) is 1.91. The summed E-state index contributed by atoms with van der Waals surface area (Å²) in [5, 5.41) is 9.28. The van der Waals surface area contributed by atoms with Crippen LogP contribution in [0, 0.1) is 11.8 Å². The first kappa shape index (κ1) is 28.6. The molecule has 0 spiro atoms. The standard InChI is InChI=1S/C29H36N6O2S.CH4/c1-30-28-24-8-4-5-11-25(24)33-29(34-28)31-18-20-14-16-21(17-15-20)19-32-38(36,37)27-13-7-9-22-23(27)10-6-12-26(22)35(2)3;/h4-13,20-21,32H,14-19H2,1-3H3,(H2,30,31,33,34);1H4. The molecular weight excluding hydrogens is 508 g/mol. The van der Waals surface area contributed by atoms with Crippen LogP contribution in [0.15, 0.2) is 65.6 Å². The largest absolute Gasteiger partial charge is 0.377 e. The van der Waals surface area contributed by atoms with Crippen LogP contribution in [0.2, 0.25) is 0 Å². The second kappa shape index (κ2) is 12.2. The zero-order chi connectivity index (χ0) is 26.7. The lowest BCUT2D eigenvalue weighted by atomic mass is 9.82. The van der Waals surface area contributed by atoms with Gasteiger partial charge in [0.25, 0.3) is 0 Å². The van der Waals surface area contributed by atoms with Crippen LogP contribution in [0.5, 0.6) is 0 Å². The Bertz CT molecular complexity index is 1530. The van der Waals surface area contributed by atoms with Gasteiger partial charge in [-0.3, -0.25) is 0 Å². The van der Waals surface area contributed by atoms with E-state index >= 15 is 0 Å². The molecule has 1 aliphatic carbocycles. The van der Waals surface area contributed by atoms with Gasteiger partial charge >= 0.3 is 0 Å². The third-order valence-electron chi connectivity index (χ3n) is 7.55. The Kier molecular flexibility index (Phi) is 8.92. The third kappa shape index (κ3) is 6.25. The molecule has 5 rings (SSSR count). The summed E-state index contributed by atoms with van der Waals surface area (Å²) in [4.78, 5) is 11.6. The normalized spacial score (nSPS) is 17.5. The first-order chi connectivity index (χ1) is 18.4. The molecular formula is C30H40N6O2S. The molecule has 1 aromatic heterocycles. The van der Waals surface area contributed by atoms with Gasteiger partial charge in [0.1, 0.15) is 5.82 Å². The molecule has 0 bridgehead atoms. The van der Waals surface area contributed by atoms with Crippen molar-refractivity contribution in [2.24, 2.45) is 11.8 Å². The number of nitrogens with zero attached hydrogens (tertiary/aromatic N) is 3. The first-order valence-electron chi connectivity index (χ1n) is 13.2. The van der Waals surface area contributed by atoms with E-state index in [0.29, 0.717) is 29.2 Å². The van der Waals surface area contributed by atoms with Gasteiger partial charge in [-0.1, -0.05) is 43.8 Å². The Balaban J connectivity index is 0.00000353. The lowest BCUT2D eigenvalue weighted by Gasteiger charge is -2.28. The number of para-hydroxylation sites is 1. The van der Waals surface area contributed by atoms with Gasteiger partial charge in [-0.15, -0.1) is 0 Å². The number of sulfonamides is 1. The minimum atomic E-state index is -3.62. The highest BCUT2D eigenvalue weighted by Crippen LogP contribution is 2.32. The van der Waals surface area contributed by atoms with E-state index in [0.717, 1.165) is 65.4 Å². The van der Waals surface area contributed by atoms with Gasteiger partial charge in [0, 0.05) is 56.1 Å². The van der Waals surface area contributed by atoms with Gasteiger partial charge in [0.2, 0.25) is 16.0 Å². The highest BCUT2D eigenvalue weighted by atomic mass is 32.2. The summed E-state index contributed by atoms with van der Waals surface area (Å²) < 4.78 is 29.5. The summed E-state index contributed by atoms with van der Waals surface area (Å²) in [6, 6.07) is 19.3. The van der Waals surface area contributed by atoms with Crippen LogP contribution in [0.3, 0.4) is 0 Å². The molecule has 1 aliphatic rings. The molecule has 8 nitrogen and oxygen atoms in total. The molecule has 0 unspecified atom stereocenters. The van der Waals surface area contributed by atoms with Crippen molar-refractivity contribution in [1.82, 2.24) is 14.7 Å². The Morgan fingerprint density at radius 2 is 1.46 bits per heavy atom. The van der Waals surface area contributed by atoms with Crippen molar-refractivity contribution in [2.75, 3.05) is 49.8 Å². The van der Waals surface area contributed by atoms with E-state index in [1.807, 2.05) is 80.6 Å². The molecule has 0 saturated heterocycles. The summed E-state index contributed by atoms with van der Waals surface area (Å²) in [6.07, 6.45) is 4.09. The monoisotopic (exact) mass is 548 g/mol. The molecule has 3 aromatic carbocycles. The van der Waals surface area contributed by atoms with Gasteiger partial charge in [0.15, 0.2) is 0 Å². The van der Waals surface area contributed by atoms with Gasteiger partial charge in [0.05, 0.1) is 10.4 Å². The first-order valence-corrected chi connectivity index (χ1v) is 14.7. The number of fused-ring (bicyclic) bond motifs is 2. The third-order valence-corrected chi connectivity index (χ3v) is 9.03. The van der Waals surface area contributed by atoms with Crippen molar-refractivity contribution in [3.05, 3.63) is 60.7 Å². The predicted octanol–water partition coefficient (Wildman–Crippen LogP) is 5.72. The van der Waals surface area contributed by atoms with Gasteiger partial charge in [-0.25, -0.2) is 18.1 Å². The molecule has 1 heterocycles.